The van der Waals surface area contributed by atoms with E-state index in [1.807, 2.05) is 31.2 Å². The summed E-state index contributed by atoms with van der Waals surface area (Å²) in [6, 6.07) is 16.0. The molecule has 3 rings (SSSR count). The van der Waals surface area contributed by atoms with Gasteiger partial charge in [-0.3, -0.25) is 4.79 Å². The van der Waals surface area contributed by atoms with Crippen molar-refractivity contribution in [2.45, 2.75) is 20.8 Å². The highest BCUT2D eigenvalue weighted by molar-refractivity contribution is 6.07. The Bertz CT molecular complexity index is 1050. The Labute approximate surface area is 169 Å². The van der Waals surface area contributed by atoms with E-state index in [9.17, 15) is 9.59 Å². The van der Waals surface area contributed by atoms with E-state index in [0.717, 1.165) is 11.3 Å². The number of anilines is 3. The highest BCUT2D eigenvalue weighted by atomic mass is 16.5. The molecule has 1 amide bonds. The molecular formula is C22H22N4O3. The largest absolute Gasteiger partial charge is 0.462 e. The molecule has 0 saturated carbocycles. The van der Waals surface area contributed by atoms with Crippen LogP contribution in [0.5, 0.6) is 0 Å². The number of esters is 1. The molecule has 148 valence electrons. The second-order valence-corrected chi connectivity index (χ2v) is 6.35. The number of nitrogens with zero attached hydrogens (tertiary/aromatic N) is 2. The standard InChI is InChI=1S/C22H22N4O3/c1-4-29-22(28)16-10-6-8-12-18(16)26-21(27)19-13-20(24-15(3)23-19)25-17-11-7-5-9-14(17)2/h5-13H,4H2,1-3H3,(H,26,27)(H,23,24,25). The molecule has 0 radical (unpaired) electrons. The number of carbonyl (C=O) groups is 2. The van der Waals surface area contributed by atoms with Crippen LogP contribution in [0.3, 0.4) is 0 Å². The maximum Gasteiger partial charge on any atom is 0.340 e. The maximum atomic E-state index is 12.8. The van der Waals surface area contributed by atoms with Crippen molar-refractivity contribution in [1.82, 2.24) is 9.97 Å². The number of carbonyl (C=O) groups excluding carboxylic acids is 2. The number of ether oxygens (including phenoxy) is 1. The Hall–Kier alpha value is -3.74. The van der Waals surface area contributed by atoms with Gasteiger partial charge in [0.25, 0.3) is 5.91 Å². The van der Waals surface area contributed by atoms with Gasteiger partial charge in [-0.05, 0) is 44.5 Å². The molecule has 0 unspecified atom stereocenters. The summed E-state index contributed by atoms with van der Waals surface area (Å²) in [5.74, 6) is 0.0206. The summed E-state index contributed by atoms with van der Waals surface area (Å²) in [7, 11) is 0. The minimum atomic E-state index is -0.496. The van der Waals surface area contributed by atoms with Gasteiger partial charge >= 0.3 is 5.97 Å². The van der Waals surface area contributed by atoms with Crippen molar-refractivity contribution in [3.8, 4) is 0 Å². The molecule has 2 N–H and O–H groups in total. The molecule has 0 atom stereocenters. The summed E-state index contributed by atoms with van der Waals surface area (Å²) < 4.78 is 5.05. The fourth-order valence-electron chi connectivity index (χ4n) is 2.76. The van der Waals surface area contributed by atoms with Gasteiger partial charge < -0.3 is 15.4 Å². The van der Waals surface area contributed by atoms with Crippen LogP contribution in [0.15, 0.2) is 54.6 Å². The van der Waals surface area contributed by atoms with Crippen LogP contribution in [0, 0.1) is 13.8 Å². The lowest BCUT2D eigenvalue weighted by Gasteiger charge is -2.12. The number of hydrogen-bond donors (Lipinski definition) is 2. The van der Waals surface area contributed by atoms with Crippen molar-refractivity contribution in [1.29, 1.82) is 0 Å². The van der Waals surface area contributed by atoms with Crippen molar-refractivity contribution >= 4 is 29.1 Å². The van der Waals surface area contributed by atoms with Crippen molar-refractivity contribution in [3.63, 3.8) is 0 Å². The van der Waals surface area contributed by atoms with Crippen molar-refractivity contribution in [3.05, 3.63) is 77.2 Å². The van der Waals surface area contributed by atoms with Crippen LogP contribution in [0.4, 0.5) is 17.2 Å². The number of benzene rings is 2. The van der Waals surface area contributed by atoms with Crippen molar-refractivity contribution in [2.24, 2.45) is 0 Å². The maximum absolute atomic E-state index is 12.8. The molecule has 0 aliphatic carbocycles. The Morgan fingerprint density at radius 1 is 0.966 bits per heavy atom. The number of amides is 1. The average molecular weight is 390 g/mol. The average Bonchev–Trinajstić information content (AvgIpc) is 2.70. The minimum absolute atomic E-state index is 0.187. The van der Waals surface area contributed by atoms with Crippen LogP contribution in [0.1, 0.15) is 39.2 Å². The van der Waals surface area contributed by atoms with Gasteiger partial charge in [-0.15, -0.1) is 0 Å². The first-order valence-electron chi connectivity index (χ1n) is 9.23. The number of rotatable bonds is 6. The van der Waals surface area contributed by atoms with E-state index in [1.165, 1.54) is 0 Å². The molecule has 0 saturated heterocycles. The summed E-state index contributed by atoms with van der Waals surface area (Å²) in [5.41, 5.74) is 2.78. The van der Waals surface area contributed by atoms with Crippen LogP contribution in [0.2, 0.25) is 0 Å². The van der Waals surface area contributed by atoms with Crippen molar-refractivity contribution < 1.29 is 14.3 Å². The number of hydrogen-bond acceptors (Lipinski definition) is 6. The van der Waals surface area contributed by atoms with Gasteiger partial charge in [-0.2, -0.15) is 0 Å². The monoisotopic (exact) mass is 390 g/mol. The first-order chi connectivity index (χ1) is 14.0. The van der Waals surface area contributed by atoms with E-state index in [1.54, 1.807) is 44.2 Å². The highest BCUT2D eigenvalue weighted by Gasteiger charge is 2.16. The molecule has 0 fully saturated rings. The van der Waals surface area contributed by atoms with E-state index in [-0.39, 0.29) is 17.9 Å². The first kappa shape index (κ1) is 20.0. The van der Waals surface area contributed by atoms with Gasteiger partial charge in [0, 0.05) is 11.8 Å². The van der Waals surface area contributed by atoms with Gasteiger partial charge in [-0.1, -0.05) is 30.3 Å². The van der Waals surface area contributed by atoms with E-state index < -0.39 is 11.9 Å². The molecular weight excluding hydrogens is 368 g/mol. The summed E-state index contributed by atoms with van der Waals surface area (Å²) in [5, 5.41) is 5.95. The van der Waals surface area contributed by atoms with E-state index in [4.69, 9.17) is 4.74 Å². The highest BCUT2D eigenvalue weighted by Crippen LogP contribution is 2.21. The minimum Gasteiger partial charge on any atom is -0.462 e. The third-order valence-electron chi connectivity index (χ3n) is 4.15. The zero-order valence-electron chi connectivity index (χ0n) is 16.5. The molecule has 2 aromatic carbocycles. The van der Waals surface area contributed by atoms with Crippen LogP contribution in [-0.4, -0.2) is 28.5 Å². The number of para-hydroxylation sites is 2. The lowest BCUT2D eigenvalue weighted by Crippen LogP contribution is -2.18. The SMILES string of the molecule is CCOC(=O)c1ccccc1NC(=O)c1cc(Nc2ccccc2C)nc(C)n1. The second-order valence-electron chi connectivity index (χ2n) is 6.35. The summed E-state index contributed by atoms with van der Waals surface area (Å²) in [6.45, 7) is 5.68. The smallest absolute Gasteiger partial charge is 0.340 e. The predicted octanol–water partition coefficient (Wildman–Crippen LogP) is 4.27. The molecule has 0 aliphatic rings. The van der Waals surface area contributed by atoms with Crippen molar-refractivity contribution in [2.75, 3.05) is 17.2 Å². The van der Waals surface area contributed by atoms with Gasteiger partial charge in [0.2, 0.25) is 0 Å². The summed E-state index contributed by atoms with van der Waals surface area (Å²) in [4.78, 5) is 33.5. The third-order valence-corrected chi connectivity index (χ3v) is 4.15. The van der Waals surface area contributed by atoms with Crippen LogP contribution in [0.25, 0.3) is 0 Å². The predicted molar refractivity (Wildman–Crippen MR) is 112 cm³/mol. The fourth-order valence-corrected chi connectivity index (χ4v) is 2.76. The van der Waals surface area contributed by atoms with Crippen LogP contribution < -0.4 is 10.6 Å². The quantitative estimate of drug-likeness (QED) is 0.611. The number of nitrogens with one attached hydrogen (secondary N) is 2. The Morgan fingerprint density at radius 3 is 2.38 bits per heavy atom. The van der Waals surface area contributed by atoms with Crippen LogP contribution >= 0.6 is 0 Å². The normalized spacial score (nSPS) is 10.3. The Morgan fingerprint density at radius 2 is 1.66 bits per heavy atom. The van der Waals surface area contributed by atoms with Gasteiger partial charge in [-0.25, -0.2) is 14.8 Å². The van der Waals surface area contributed by atoms with Gasteiger partial charge in [0.15, 0.2) is 0 Å². The van der Waals surface area contributed by atoms with Gasteiger partial charge in [0.1, 0.15) is 17.3 Å². The lowest BCUT2D eigenvalue weighted by atomic mass is 10.1. The molecule has 3 aromatic rings. The first-order valence-corrected chi connectivity index (χ1v) is 9.23. The lowest BCUT2D eigenvalue weighted by molar-refractivity contribution is 0.0527. The molecule has 1 heterocycles. The second kappa shape index (κ2) is 8.97. The number of aryl methyl sites for hydroxylation is 2. The molecule has 0 bridgehead atoms. The molecule has 7 heteroatoms. The molecule has 7 nitrogen and oxygen atoms in total. The zero-order chi connectivity index (χ0) is 20.8. The van der Waals surface area contributed by atoms with Gasteiger partial charge in [0.05, 0.1) is 17.9 Å². The third kappa shape index (κ3) is 4.95. The van der Waals surface area contributed by atoms with E-state index in [0.29, 0.717) is 17.3 Å². The molecule has 0 aliphatic heterocycles. The Kier molecular flexibility index (Phi) is 6.19. The summed E-state index contributed by atoms with van der Waals surface area (Å²) in [6.07, 6.45) is 0. The fraction of sp³-hybridized carbons (Fsp3) is 0.182. The molecule has 1 aromatic heterocycles. The molecule has 0 spiro atoms. The van der Waals surface area contributed by atoms with E-state index in [2.05, 4.69) is 20.6 Å². The number of aromatic nitrogens is 2. The molecule has 29 heavy (non-hydrogen) atoms. The summed E-state index contributed by atoms with van der Waals surface area (Å²) >= 11 is 0. The van der Waals surface area contributed by atoms with E-state index >= 15 is 0 Å². The van der Waals surface area contributed by atoms with Crippen LogP contribution in [-0.2, 0) is 4.74 Å². The zero-order valence-corrected chi connectivity index (χ0v) is 16.5. The Balaban J connectivity index is 1.85. The topological polar surface area (TPSA) is 93.2 Å².